The first kappa shape index (κ1) is 16.7. The Morgan fingerprint density at radius 1 is 1.50 bits per heavy atom. The van der Waals surface area contributed by atoms with Gasteiger partial charge in [-0.2, -0.15) is 0 Å². The zero-order valence-electron chi connectivity index (χ0n) is 12.8. The smallest absolute Gasteiger partial charge is 0.261 e. The van der Waals surface area contributed by atoms with Gasteiger partial charge in [-0.05, 0) is 46.5 Å². The van der Waals surface area contributed by atoms with Crippen LogP contribution in [0.4, 0.5) is 0 Å². The maximum atomic E-state index is 12.2. The minimum Gasteiger partial charge on any atom is -0.350 e. The highest BCUT2D eigenvalue weighted by molar-refractivity contribution is 7.14. The van der Waals surface area contributed by atoms with Crippen LogP contribution in [0.2, 0.25) is 0 Å². The molecule has 0 spiro atoms. The maximum absolute atomic E-state index is 12.2. The standard InChI is InChI=1S/C15H23N3OS/c1-11-9-13(20-12(11)7-6-8-16)14(19)17-10-15(2,3)18(4)5/h9H,8,10,16H2,1-5H3,(H,17,19). The Morgan fingerprint density at radius 3 is 2.70 bits per heavy atom. The lowest BCUT2D eigenvalue weighted by atomic mass is 10.0. The Morgan fingerprint density at radius 2 is 2.15 bits per heavy atom. The lowest BCUT2D eigenvalue weighted by Crippen LogP contribution is -2.48. The van der Waals surface area contributed by atoms with Crippen LogP contribution in [0.15, 0.2) is 6.07 Å². The van der Waals surface area contributed by atoms with Crippen LogP contribution < -0.4 is 11.1 Å². The molecule has 3 N–H and O–H groups in total. The molecule has 0 aromatic carbocycles. The number of rotatable bonds is 4. The lowest BCUT2D eigenvalue weighted by molar-refractivity contribution is 0.0923. The number of carbonyl (C=O) groups excluding carboxylic acids is 1. The molecule has 0 radical (unpaired) electrons. The first-order valence-electron chi connectivity index (χ1n) is 6.53. The minimum atomic E-state index is -0.0792. The summed E-state index contributed by atoms with van der Waals surface area (Å²) in [7, 11) is 4.00. The average Bonchev–Trinajstić information content (AvgIpc) is 2.75. The van der Waals surface area contributed by atoms with E-state index < -0.39 is 0 Å². The number of nitrogens with one attached hydrogen (secondary N) is 1. The number of hydrogen-bond acceptors (Lipinski definition) is 4. The van der Waals surface area contributed by atoms with E-state index in [1.807, 2.05) is 27.1 Å². The van der Waals surface area contributed by atoms with E-state index in [2.05, 4.69) is 35.9 Å². The summed E-state index contributed by atoms with van der Waals surface area (Å²) in [6.07, 6.45) is 0. The predicted molar refractivity (Wildman–Crippen MR) is 85.1 cm³/mol. The van der Waals surface area contributed by atoms with E-state index in [4.69, 9.17) is 5.73 Å². The van der Waals surface area contributed by atoms with E-state index in [9.17, 15) is 4.79 Å². The third kappa shape index (κ3) is 4.34. The summed E-state index contributed by atoms with van der Waals surface area (Å²) in [6.45, 7) is 7.06. The fraction of sp³-hybridized carbons (Fsp3) is 0.533. The van der Waals surface area contributed by atoms with Crippen molar-refractivity contribution in [2.75, 3.05) is 27.2 Å². The first-order chi connectivity index (χ1) is 9.27. The zero-order valence-corrected chi connectivity index (χ0v) is 13.6. The topological polar surface area (TPSA) is 58.4 Å². The van der Waals surface area contributed by atoms with Gasteiger partial charge in [-0.25, -0.2) is 0 Å². The second kappa shape index (κ2) is 6.89. The highest BCUT2D eigenvalue weighted by Crippen LogP contribution is 2.21. The largest absolute Gasteiger partial charge is 0.350 e. The zero-order chi connectivity index (χ0) is 15.3. The molecule has 4 nitrogen and oxygen atoms in total. The van der Waals surface area contributed by atoms with Gasteiger partial charge in [0.2, 0.25) is 0 Å². The second-order valence-electron chi connectivity index (χ2n) is 5.52. The van der Waals surface area contributed by atoms with E-state index >= 15 is 0 Å². The van der Waals surface area contributed by atoms with Crippen LogP contribution in [-0.2, 0) is 0 Å². The number of likely N-dealkylation sites (N-methyl/N-ethyl adjacent to an activating group) is 1. The number of nitrogens with zero attached hydrogens (tertiary/aromatic N) is 1. The molecular weight excluding hydrogens is 270 g/mol. The molecule has 1 aromatic rings. The summed E-state index contributed by atoms with van der Waals surface area (Å²) in [5.41, 5.74) is 6.31. The molecule has 20 heavy (non-hydrogen) atoms. The first-order valence-corrected chi connectivity index (χ1v) is 7.34. The summed E-state index contributed by atoms with van der Waals surface area (Å²) >= 11 is 1.41. The monoisotopic (exact) mass is 293 g/mol. The summed E-state index contributed by atoms with van der Waals surface area (Å²) in [5, 5.41) is 2.97. The second-order valence-corrected chi connectivity index (χ2v) is 6.57. The summed E-state index contributed by atoms with van der Waals surface area (Å²) in [4.78, 5) is 15.9. The average molecular weight is 293 g/mol. The Hall–Kier alpha value is -1.35. The highest BCUT2D eigenvalue weighted by atomic mass is 32.1. The number of carbonyl (C=O) groups is 1. The van der Waals surface area contributed by atoms with Crippen LogP contribution in [0.5, 0.6) is 0 Å². The van der Waals surface area contributed by atoms with E-state index in [-0.39, 0.29) is 11.4 Å². The van der Waals surface area contributed by atoms with Crippen LogP contribution in [0.1, 0.15) is 34.0 Å². The van der Waals surface area contributed by atoms with Gasteiger partial charge in [0.15, 0.2) is 0 Å². The molecule has 0 fully saturated rings. The Labute approximate surface area is 125 Å². The quantitative estimate of drug-likeness (QED) is 0.826. The highest BCUT2D eigenvalue weighted by Gasteiger charge is 2.22. The Balaban J connectivity index is 2.74. The van der Waals surface area contributed by atoms with Crippen molar-refractivity contribution in [3.05, 3.63) is 21.4 Å². The predicted octanol–water partition coefficient (Wildman–Crippen LogP) is 1.44. The molecule has 1 rings (SSSR count). The molecule has 5 heteroatoms. The van der Waals surface area contributed by atoms with Crippen molar-refractivity contribution < 1.29 is 4.79 Å². The molecule has 0 aliphatic carbocycles. The van der Waals surface area contributed by atoms with Gasteiger partial charge in [0.1, 0.15) is 0 Å². The van der Waals surface area contributed by atoms with Crippen LogP contribution in [-0.4, -0.2) is 43.5 Å². The maximum Gasteiger partial charge on any atom is 0.261 e. The van der Waals surface area contributed by atoms with Crippen molar-refractivity contribution in [1.82, 2.24) is 10.2 Å². The Bertz CT molecular complexity index is 535. The number of amides is 1. The number of hydrogen-bond donors (Lipinski definition) is 2. The normalized spacial score (nSPS) is 11.2. The molecule has 0 saturated heterocycles. The number of nitrogens with two attached hydrogens (primary N) is 1. The van der Waals surface area contributed by atoms with Crippen molar-refractivity contribution in [3.63, 3.8) is 0 Å². The lowest BCUT2D eigenvalue weighted by Gasteiger charge is -2.32. The SMILES string of the molecule is Cc1cc(C(=O)NCC(C)(C)N(C)C)sc1C#CCN. The van der Waals surface area contributed by atoms with Crippen molar-refractivity contribution in [3.8, 4) is 11.8 Å². The van der Waals surface area contributed by atoms with E-state index in [0.717, 1.165) is 10.4 Å². The molecule has 1 heterocycles. The Kier molecular flexibility index (Phi) is 5.75. The third-order valence-corrected chi connectivity index (χ3v) is 4.49. The van der Waals surface area contributed by atoms with Gasteiger partial charge in [-0.1, -0.05) is 11.8 Å². The van der Waals surface area contributed by atoms with Crippen molar-refractivity contribution in [2.45, 2.75) is 26.3 Å². The van der Waals surface area contributed by atoms with Gasteiger partial charge in [0.05, 0.1) is 16.3 Å². The molecular formula is C15H23N3OS. The number of thiophene rings is 1. The molecule has 0 bridgehead atoms. The summed E-state index contributed by atoms with van der Waals surface area (Å²) in [6, 6.07) is 1.88. The molecule has 1 amide bonds. The van der Waals surface area contributed by atoms with Crippen molar-refractivity contribution in [2.24, 2.45) is 5.73 Å². The van der Waals surface area contributed by atoms with Gasteiger partial charge in [0, 0.05) is 12.1 Å². The van der Waals surface area contributed by atoms with E-state index in [0.29, 0.717) is 18.0 Å². The third-order valence-electron chi connectivity index (χ3n) is 3.34. The van der Waals surface area contributed by atoms with Crippen LogP contribution in [0, 0.1) is 18.8 Å². The molecule has 1 aromatic heterocycles. The van der Waals surface area contributed by atoms with Gasteiger partial charge in [0.25, 0.3) is 5.91 Å². The molecule has 0 aliphatic rings. The molecule has 110 valence electrons. The van der Waals surface area contributed by atoms with Gasteiger partial charge >= 0.3 is 0 Å². The molecule has 0 unspecified atom stereocenters. The number of aryl methyl sites for hydroxylation is 1. The molecule has 0 atom stereocenters. The molecule has 0 aliphatic heterocycles. The fourth-order valence-corrected chi connectivity index (χ4v) is 2.35. The van der Waals surface area contributed by atoms with Crippen LogP contribution >= 0.6 is 11.3 Å². The van der Waals surface area contributed by atoms with Gasteiger partial charge in [-0.3, -0.25) is 4.79 Å². The molecule has 0 saturated carbocycles. The van der Waals surface area contributed by atoms with E-state index in [1.54, 1.807) is 0 Å². The van der Waals surface area contributed by atoms with Gasteiger partial charge in [-0.15, -0.1) is 11.3 Å². The van der Waals surface area contributed by atoms with E-state index in [1.165, 1.54) is 11.3 Å². The fourth-order valence-electron chi connectivity index (χ4n) is 1.39. The van der Waals surface area contributed by atoms with Crippen molar-refractivity contribution in [1.29, 1.82) is 0 Å². The summed E-state index contributed by atoms with van der Waals surface area (Å²) < 4.78 is 0. The van der Waals surface area contributed by atoms with Crippen LogP contribution in [0.3, 0.4) is 0 Å². The van der Waals surface area contributed by atoms with Crippen molar-refractivity contribution >= 4 is 17.2 Å². The van der Waals surface area contributed by atoms with Gasteiger partial charge < -0.3 is 16.0 Å². The summed E-state index contributed by atoms with van der Waals surface area (Å²) in [5.74, 6) is 5.76. The minimum absolute atomic E-state index is 0.0474. The van der Waals surface area contributed by atoms with Crippen LogP contribution in [0.25, 0.3) is 0 Å².